The lowest BCUT2D eigenvalue weighted by Crippen LogP contribution is -2.16. The number of imidazole rings is 1. The summed E-state index contributed by atoms with van der Waals surface area (Å²) in [6.45, 7) is 1.84. The van der Waals surface area contributed by atoms with Crippen LogP contribution in [0, 0.1) is 6.92 Å². The van der Waals surface area contributed by atoms with Gasteiger partial charge in [-0.2, -0.15) is 0 Å². The molecule has 2 aromatic heterocycles. The third kappa shape index (κ3) is 5.02. The minimum atomic E-state index is -4.02. The second kappa shape index (κ2) is 9.78. The molecule has 0 saturated carbocycles. The molecule has 5 aromatic rings. The topological polar surface area (TPSA) is 120 Å². The lowest BCUT2D eigenvalue weighted by atomic mass is 10.2. The number of para-hydroxylation sites is 2. The zero-order chi connectivity index (χ0) is 26.0. The smallest absolute Gasteiger partial charge is 0.263 e. The SMILES string of the molecule is COc1cc(Nc2nc3ccccc3nc2NS(=O)(=O)c2cccc(-n3ccnc3C)c2)cc(OC)c1. The van der Waals surface area contributed by atoms with E-state index in [0.29, 0.717) is 33.9 Å². The van der Waals surface area contributed by atoms with Crippen molar-refractivity contribution in [1.82, 2.24) is 19.5 Å². The molecular weight excluding hydrogens is 492 g/mol. The summed E-state index contributed by atoms with van der Waals surface area (Å²) in [4.78, 5) is 13.5. The third-order valence-electron chi connectivity index (χ3n) is 5.65. The van der Waals surface area contributed by atoms with E-state index in [0.717, 1.165) is 5.82 Å². The van der Waals surface area contributed by atoms with E-state index in [1.807, 2.05) is 25.1 Å². The van der Waals surface area contributed by atoms with Crippen molar-refractivity contribution >= 4 is 38.4 Å². The van der Waals surface area contributed by atoms with Crippen LogP contribution in [0.15, 0.2) is 84.0 Å². The number of ether oxygens (including phenoxy) is 2. The minimum Gasteiger partial charge on any atom is -0.497 e. The summed E-state index contributed by atoms with van der Waals surface area (Å²) in [5.41, 5.74) is 2.39. The van der Waals surface area contributed by atoms with Crippen molar-refractivity contribution in [3.63, 3.8) is 0 Å². The first-order chi connectivity index (χ1) is 17.9. The van der Waals surface area contributed by atoms with Crippen LogP contribution in [-0.2, 0) is 10.0 Å². The molecule has 0 spiro atoms. The van der Waals surface area contributed by atoms with Gasteiger partial charge in [-0.05, 0) is 37.3 Å². The molecule has 10 nitrogen and oxygen atoms in total. The Bertz CT molecular complexity index is 1680. The van der Waals surface area contributed by atoms with Gasteiger partial charge in [0.15, 0.2) is 11.6 Å². The molecule has 0 bridgehead atoms. The van der Waals surface area contributed by atoms with E-state index in [9.17, 15) is 8.42 Å². The molecule has 0 aliphatic carbocycles. The van der Waals surface area contributed by atoms with E-state index in [1.54, 1.807) is 73.6 Å². The summed E-state index contributed by atoms with van der Waals surface area (Å²) >= 11 is 0. The van der Waals surface area contributed by atoms with Gasteiger partial charge in [0, 0.05) is 42.0 Å². The van der Waals surface area contributed by atoms with Crippen molar-refractivity contribution < 1.29 is 17.9 Å². The highest BCUT2D eigenvalue weighted by molar-refractivity contribution is 7.92. The van der Waals surface area contributed by atoms with Crippen molar-refractivity contribution in [1.29, 1.82) is 0 Å². The molecule has 0 aliphatic heterocycles. The molecule has 0 unspecified atom stereocenters. The Morgan fingerprint density at radius 1 is 0.838 bits per heavy atom. The van der Waals surface area contributed by atoms with Gasteiger partial charge in [-0.25, -0.2) is 23.4 Å². The van der Waals surface area contributed by atoms with Crippen LogP contribution in [0.2, 0.25) is 0 Å². The molecule has 0 atom stereocenters. The van der Waals surface area contributed by atoms with Crippen LogP contribution in [0.25, 0.3) is 16.7 Å². The van der Waals surface area contributed by atoms with Crippen LogP contribution in [0.3, 0.4) is 0 Å². The first-order valence-electron chi connectivity index (χ1n) is 11.3. The van der Waals surface area contributed by atoms with Crippen LogP contribution in [0.4, 0.5) is 17.3 Å². The van der Waals surface area contributed by atoms with E-state index in [2.05, 4.69) is 25.0 Å². The number of sulfonamides is 1. The highest BCUT2D eigenvalue weighted by atomic mass is 32.2. The van der Waals surface area contributed by atoms with Gasteiger partial charge in [-0.3, -0.25) is 4.72 Å². The van der Waals surface area contributed by atoms with Crippen molar-refractivity contribution in [3.8, 4) is 17.2 Å². The quantitative estimate of drug-likeness (QED) is 0.305. The van der Waals surface area contributed by atoms with E-state index < -0.39 is 10.0 Å². The van der Waals surface area contributed by atoms with Crippen molar-refractivity contribution in [2.75, 3.05) is 24.3 Å². The number of anilines is 3. The number of aryl methyl sites for hydroxylation is 1. The maximum Gasteiger partial charge on any atom is 0.263 e. The van der Waals surface area contributed by atoms with Gasteiger partial charge in [0.2, 0.25) is 0 Å². The zero-order valence-electron chi connectivity index (χ0n) is 20.3. The maximum atomic E-state index is 13.5. The molecule has 0 saturated heterocycles. The summed E-state index contributed by atoms with van der Waals surface area (Å²) in [5.74, 6) is 2.13. The summed E-state index contributed by atoms with van der Waals surface area (Å²) in [7, 11) is -0.927. The molecule has 37 heavy (non-hydrogen) atoms. The Kier molecular flexibility index (Phi) is 6.36. The number of nitrogens with zero attached hydrogens (tertiary/aromatic N) is 4. The van der Waals surface area contributed by atoms with Gasteiger partial charge in [-0.1, -0.05) is 18.2 Å². The van der Waals surface area contributed by atoms with Crippen molar-refractivity contribution in [3.05, 3.63) is 84.9 Å². The second-order valence-electron chi connectivity index (χ2n) is 8.08. The molecule has 2 N–H and O–H groups in total. The first-order valence-corrected chi connectivity index (χ1v) is 12.7. The molecule has 188 valence electrons. The summed E-state index contributed by atoms with van der Waals surface area (Å²) < 4.78 is 42.1. The monoisotopic (exact) mass is 516 g/mol. The summed E-state index contributed by atoms with van der Waals surface area (Å²) in [5, 5.41) is 3.16. The first kappa shape index (κ1) is 24.1. The van der Waals surface area contributed by atoms with Crippen molar-refractivity contribution in [2.24, 2.45) is 0 Å². The van der Waals surface area contributed by atoms with Gasteiger partial charge in [0.25, 0.3) is 10.0 Å². The molecule has 0 amide bonds. The number of nitrogens with one attached hydrogen (secondary N) is 2. The van der Waals surface area contributed by atoms with Gasteiger partial charge >= 0.3 is 0 Å². The average Bonchev–Trinajstić information content (AvgIpc) is 3.34. The standard InChI is InChI=1S/C26H24N6O4S/c1-17-27-11-12-32(17)19-7-6-8-22(15-19)37(33,34)31-26-25(29-23-9-4-5-10-24(23)30-26)28-18-13-20(35-2)16-21(14-18)36-3/h4-16H,1-3H3,(H,28,29)(H,30,31). The molecule has 5 rings (SSSR count). The summed E-state index contributed by atoms with van der Waals surface area (Å²) in [6, 6.07) is 19.0. The van der Waals surface area contributed by atoms with Crippen LogP contribution in [0.5, 0.6) is 11.5 Å². The zero-order valence-corrected chi connectivity index (χ0v) is 21.2. The van der Waals surface area contributed by atoms with Gasteiger partial charge < -0.3 is 19.4 Å². The van der Waals surface area contributed by atoms with Crippen molar-refractivity contribution in [2.45, 2.75) is 11.8 Å². The van der Waals surface area contributed by atoms with E-state index in [1.165, 1.54) is 6.07 Å². The number of rotatable bonds is 8. The molecule has 2 heterocycles. The Balaban J connectivity index is 1.56. The Hall–Kier alpha value is -4.64. The highest BCUT2D eigenvalue weighted by Gasteiger charge is 2.20. The second-order valence-corrected chi connectivity index (χ2v) is 9.77. The Morgan fingerprint density at radius 2 is 1.51 bits per heavy atom. The molecule has 3 aromatic carbocycles. The average molecular weight is 517 g/mol. The summed E-state index contributed by atoms with van der Waals surface area (Å²) in [6.07, 6.45) is 3.43. The number of benzene rings is 3. The minimum absolute atomic E-state index is 0.0460. The van der Waals surface area contributed by atoms with Crippen LogP contribution in [0.1, 0.15) is 5.82 Å². The number of aromatic nitrogens is 4. The van der Waals surface area contributed by atoms with Gasteiger partial charge in [-0.15, -0.1) is 0 Å². The Morgan fingerprint density at radius 3 is 2.14 bits per heavy atom. The Labute approximate surface area is 214 Å². The normalized spacial score (nSPS) is 11.3. The van der Waals surface area contributed by atoms with E-state index >= 15 is 0 Å². The largest absolute Gasteiger partial charge is 0.497 e. The number of hydrogen-bond acceptors (Lipinski definition) is 8. The van der Waals surface area contributed by atoms with E-state index in [-0.39, 0.29) is 16.5 Å². The van der Waals surface area contributed by atoms with Crippen LogP contribution in [-0.4, -0.2) is 42.2 Å². The number of methoxy groups -OCH3 is 2. The van der Waals surface area contributed by atoms with Crippen LogP contribution >= 0.6 is 0 Å². The predicted molar refractivity (Wildman–Crippen MR) is 141 cm³/mol. The lowest BCUT2D eigenvalue weighted by molar-refractivity contribution is 0.395. The van der Waals surface area contributed by atoms with Gasteiger partial charge in [0.05, 0.1) is 30.1 Å². The molecule has 0 radical (unpaired) electrons. The molecule has 0 fully saturated rings. The maximum absolute atomic E-state index is 13.5. The fraction of sp³-hybridized carbons (Fsp3) is 0.115. The fourth-order valence-corrected chi connectivity index (χ4v) is 4.86. The highest BCUT2D eigenvalue weighted by Crippen LogP contribution is 2.31. The lowest BCUT2D eigenvalue weighted by Gasteiger charge is -2.15. The third-order valence-corrected chi connectivity index (χ3v) is 6.98. The molecule has 0 aliphatic rings. The van der Waals surface area contributed by atoms with Crippen LogP contribution < -0.4 is 19.5 Å². The number of fused-ring (bicyclic) bond motifs is 1. The molecular formula is C26H24N6O4S. The predicted octanol–water partition coefficient (Wildman–Crippen LogP) is 4.69. The fourth-order valence-electron chi connectivity index (χ4n) is 3.81. The van der Waals surface area contributed by atoms with E-state index in [4.69, 9.17) is 9.47 Å². The molecule has 11 heteroatoms. The van der Waals surface area contributed by atoms with Gasteiger partial charge in [0.1, 0.15) is 17.3 Å². The number of hydrogen-bond donors (Lipinski definition) is 2.